The van der Waals surface area contributed by atoms with Crippen molar-refractivity contribution in [2.24, 2.45) is 5.92 Å². The molecule has 0 aliphatic heterocycles. The molecule has 21 heavy (non-hydrogen) atoms. The molecule has 1 saturated carbocycles. The highest BCUT2D eigenvalue weighted by Gasteiger charge is 2.18. The van der Waals surface area contributed by atoms with E-state index in [9.17, 15) is 10.1 Å². The van der Waals surface area contributed by atoms with Gasteiger partial charge in [0.2, 0.25) is 0 Å². The van der Waals surface area contributed by atoms with Gasteiger partial charge in [-0.2, -0.15) is 0 Å². The molecule has 0 amide bonds. The molecular formula is C15H24N4O2. The Kier molecular flexibility index (Phi) is 5.36. The molecule has 0 bridgehead atoms. The third kappa shape index (κ3) is 4.58. The van der Waals surface area contributed by atoms with Gasteiger partial charge in [0.15, 0.2) is 0 Å². The van der Waals surface area contributed by atoms with Crippen LogP contribution in [0.5, 0.6) is 0 Å². The van der Waals surface area contributed by atoms with E-state index in [-0.39, 0.29) is 10.6 Å². The Morgan fingerprint density at radius 2 is 2.05 bits per heavy atom. The first kappa shape index (κ1) is 15.5. The van der Waals surface area contributed by atoms with Crippen LogP contribution in [0.15, 0.2) is 12.1 Å². The molecule has 116 valence electrons. The largest absolute Gasteiger partial charge is 0.370 e. The van der Waals surface area contributed by atoms with Crippen molar-refractivity contribution in [3.05, 3.63) is 22.2 Å². The van der Waals surface area contributed by atoms with Gasteiger partial charge in [0.05, 0.1) is 17.1 Å². The maximum absolute atomic E-state index is 11.0. The van der Waals surface area contributed by atoms with E-state index in [1.165, 1.54) is 31.4 Å². The van der Waals surface area contributed by atoms with Crippen molar-refractivity contribution in [1.29, 1.82) is 0 Å². The zero-order chi connectivity index (χ0) is 15.2. The van der Waals surface area contributed by atoms with Gasteiger partial charge in [-0.3, -0.25) is 10.1 Å². The second-order valence-electron chi connectivity index (χ2n) is 5.84. The number of hydrogen-bond donors (Lipinski definition) is 2. The molecule has 2 rings (SSSR count). The molecule has 0 aromatic carbocycles. The molecule has 6 nitrogen and oxygen atoms in total. The molecule has 1 aromatic rings. The van der Waals surface area contributed by atoms with Crippen molar-refractivity contribution >= 4 is 17.3 Å². The van der Waals surface area contributed by atoms with Crippen LogP contribution in [0.2, 0.25) is 0 Å². The summed E-state index contributed by atoms with van der Waals surface area (Å²) in [6, 6.07) is 3.36. The van der Waals surface area contributed by atoms with Gasteiger partial charge >= 0.3 is 0 Å². The number of pyridine rings is 1. The summed E-state index contributed by atoms with van der Waals surface area (Å²) in [5.41, 5.74) is 0.0745. The standard InChI is InChI=1S/C15H24N4O2/c1-3-16-14-9-13(19(20)21)10-15(18-14)17-12-6-4-5-11(2)7-8-12/h9-12H,3-8H2,1-2H3,(H2,16,17,18). The Morgan fingerprint density at radius 3 is 2.76 bits per heavy atom. The molecule has 1 aliphatic carbocycles. The first-order valence-corrected chi connectivity index (χ1v) is 7.75. The number of aromatic nitrogens is 1. The molecule has 0 saturated heterocycles. The third-order valence-electron chi connectivity index (χ3n) is 3.99. The lowest BCUT2D eigenvalue weighted by atomic mass is 10.0. The Bertz CT molecular complexity index is 493. The minimum Gasteiger partial charge on any atom is -0.370 e. The molecule has 1 fully saturated rings. The lowest BCUT2D eigenvalue weighted by molar-refractivity contribution is -0.384. The van der Waals surface area contributed by atoms with Gasteiger partial charge < -0.3 is 10.6 Å². The van der Waals surface area contributed by atoms with Crippen molar-refractivity contribution < 1.29 is 4.92 Å². The Hall–Kier alpha value is -1.85. The summed E-state index contributed by atoms with van der Waals surface area (Å²) in [6.07, 6.45) is 5.87. The maximum atomic E-state index is 11.0. The number of hydrogen-bond acceptors (Lipinski definition) is 5. The number of nitrogens with one attached hydrogen (secondary N) is 2. The molecule has 0 radical (unpaired) electrons. The van der Waals surface area contributed by atoms with Crippen LogP contribution in [0.3, 0.4) is 0 Å². The van der Waals surface area contributed by atoms with E-state index in [1.54, 1.807) is 0 Å². The van der Waals surface area contributed by atoms with Crippen molar-refractivity contribution in [1.82, 2.24) is 4.98 Å². The minimum atomic E-state index is -0.372. The van der Waals surface area contributed by atoms with Gasteiger partial charge in [-0.25, -0.2) is 4.98 Å². The highest BCUT2D eigenvalue weighted by molar-refractivity contribution is 5.55. The van der Waals surface area contributed by atoms with Gasteiger partial charge in [-0.15, -0.1) is 0 Å². The van der Waals surface area contributed by atoms with Crippen LogP contribution in [0.4, 0.5) is 17.3 Å². The van der Waals surface area contributed by atoms with E-state index >= 15 is 0 Å². The number of nitro groups is 1. The summed E-state index contributed by atoms with van der Waals surface area (Å²) in [4.78, 5) is 15.1. The Labute approximate surface area is 125 Å². The molecule has 1 aromatic heterocycles. The molecule has 2 unspecified atom stereocenters. The molecule has 0 spiro atoms. The number of anilines is 2. The van der Waals surface area contributed by atoms with E-state index in [1.807, 2.05) is 6.92 Å². The molecule has 1 aliphatic rings. The van der Waals surface area contributed by atoms with Gasteiger partial charge in [0.25, 0.3) is 5.69 Å². The van der Waals surface area contributed by atoms with Crippen LogP contribution in [-0.4, -0.2) is 22.5 Å². The fraction of sp³-hybridized carbons (Fsp3) is 0.667. The predicted octanol–water partition coefficient (Wildman–Crippen LogP) is 3.80. The van der Waals surface area contributed by atoms with E-state index in [4.69, 9.17) is 0 Å². The van der Waals surface area contributed by atoms with Gasteiger partial charge in [0.1, 0.15) is 11.6 Å². The fourth-order valence-corrected chi connectivity index (χ4v) is 2.81. The van der Waals surface area contributed by atoms with Crippen LogP contribution in [0, 0.1) is 16.0 Å². The second-order valence-corrected chi connectivity index (χ2v) is 5.84. The van der Waals surface area contributed by atoms with E-state index < -0.39 is 0 Å². The summed E-state index contributed by atoms with van der Waals surface area (Å²) in [7, 11) is 0. The van der Waals surface area contributed by atoms with Crippen LogP contribution in [0.1, 0.15) is 46.0 Å². The minimum absolute atomic E-state index is 0.0745. The van der Waals surface area contributed by atoms with Crippen molar-refractivity contribution in [2.75, 3.05) is 17.2 Å². The highest BCUT2D eigenvalue weighted by atomic mass is 16.6. The SMILES string of the molecule is CCNc1cc([N+](=O)[O-])cc(NC2CCCC(C)CC2)n1. The van der Waals surface area contributed by atoms with Gasteiger partial charge in [0, 0.05) is 12.6 Å². The summed E-state index contributed by atoms with van der Waals surface area (Å²) >= 11 is 0. The smallest absolute Gasteiger partial charge is 0.276 e. The summed E-state index contributed by atoms with van der Waals surface area (Å²) in [5, 5.41) is 17.4. The van der Waals surface area contributed by atoms with Crippen LogP contribution in [-0.2, 0) is 0 Å². The average Bonchev–Trinajstić information content (AvgIpc) is 2.64. The highest BCUT2D eigenvalue weighted by Crippen LogP contribution is 2.26. The summed E-state index contributed by atoms with van der Waals surface area (Å²) < 4.78 is 0. The first-order valence-electron chi connectivity index (χ1n) is 7.75. The van der Waals surface area contributed by atoms with E-state index in [0.29, 0.717) is 24.2 Å². The normalized spacial score (nSPS) is 22.4. The summed E-state index contributed by atoms with van der Waals surface area (Å²) in [5.74, 6) is 1.92. The van der Waals surface area contributed by atoms with Gasteiger partial charge in [-0.05, 0) is 32.1 Å². The first-order chi connectivity index (χ1) is 10.1. The zero-order valence-corrected chi connectivity index (χ0v) is 12.8. The maximum Gasteiger partial charge on any atom is 0.276 e. The number of nitrogens with zero attached hydrogens (tertiary/aromatic N) is 2. The monoisotopic (exact) mass is 292 g/mol. The topological polar surface area (TPSA) is 80.1 Å². The van der Waals surface area contributed by atoms with Crippen molar-refractivity contribution in [2.45, 2.75) is 52.0 Å². The van der Waals surface area contributed by atoms with Crippen molar-refractivity contribution in [3.8, 4) is 0 Å². The third-order valence-corrected chi connectivity index (χ3v) is 3.99. The molecule has 2 atom stereocenters. The molecule has 2 N–H and O–H groups in total. The fourth-order valence-electron chi connectivity index (χ4n) is 2.81. The Balaban J connectivity index is 2.12. The quantitative estimate of drug-likeness (QED) is 0.490. The van der Waals surface area contributed by atoms with Crippen molar-refractivity contribution in [3.63, 3.8) is 0 Å². The average molecular weight is 292 g/mol. The van der Waals surface area contributed by atoms with Gasteiger partial charge in [-0.1, -0.05) is 19.8 Å². The Morgan fingerprint density at radius 1 is 1.29 bits per heavy atom. The van der Waals surface area contributed by atoms with E-state index in [2.05, 4.69) is 22.5 Å². The summed E-state index contributed by atoms with van der Waals surface area (Å²) in [6.45, 7) is 4.92. The predicted molar refractivity (Wildman–Crippen MR) is 84.7 cm³/mol. The second kappa shape index (κ2) is 7.24. The number of rotatable bonds is 5. The van der Waals surface area contributed by atoms with Crippen LogP contribution >= 0.6 is 0 Å². The van der Waals surface area contributed by atoms with Crippen LogP contribution < -0.4 is 10.6 Å². The lowest BCUT2D eigenvalue weighted by Crippen LogP contribution is -2.19. The molecular weight excluding hydrogens is 268 g/mol. The molecule has 6 heteroatoms. The van der Waals surface area contributed by atoms with E-state index in [0.717, 1.165) is 18.8 Å². The lowest BCUT2D eigenvalue weighted by Gasteiger charge is -2.17. The van der Waals surface area contributed by atoms with Crippen LogP contribution in [0.25, 0.3) is 0 Å². The molecule has 1 heterocycles. The zero-order valence-electron chi connectivity index (χ0n) is 12.8.